The lowest BCUT2D eigenvalue weighted by atomic mass is 10.0. The number of carbonyl (C=O) groups excluding carboxylic acids is 1. The Bertz CT molecular complexity index is 645. The second-order valence-corrected chi connectivity index (χ2v) is 4.10. The Morgan fingerprint density at radius 3 is 2.72 bits per heavy atom. The third-order valence-corrected chi connectivity index (χ3v) is 2.94. The van der Waals surface area contributed by atoms with Gasteiger partial charge in [0.1, 0.15) is 5.82 Å². The highest BCUT2D eigenvalue weighted by Crippen LogP contribution is 2.17. The van der Waals surface area contributed by atoms with Gasteiger partial charge in [-0.25, -0.2) is 4.98 Å². The van der Waals surface area contributed by atoms with Crippen LogP contribution in [0.1, 0.15) is 16.2 Å². The summed E-state index contributed by atoms with van der Waals surface area (Å²) < 4.78 is 1.89. The fraction of sp³-hybridized carbons (Fsp3) is 0.250. The van der Waals surface area contributed by atoms with Crippen LogP contribution in [0.5, 0.6) is 0 Å². The first-order valence-electron chi connectivity index (χ1n) is 5.37. The van der Waals surface area contributed by atoms with E-state index in [-0.39, 0.29) is 5.56 Å². The smallest absolute Gasteiger partial charge is 0.328 e. The van der Waals surface area contributed by atoms with Gasteiger partial charge in [-0.05, 0) is 25.1 Å². The van der Waals surface area contributed by atoms with Gasteiger partial charge < -0.3 is 15.4 Å². The van der Waals surface area contributed by atoms with Crippen molar-refractivity contribution in [1.82, 2.24) is 9.55 Å². The lowest BCUT2D eigenvalue weighted by Gasteiger charge is -2.05. The number of benzene rings is 1. The Hall–Kier alpha value is -2.21. The monoisotopic (exact) mass is 247 g/mol. The van der Waals surface area contributed by atoms with Crippen LogP contribution in [0.4, 0.5) is 0 Å². The van der Waals surface area contributed by atoms with Crippen LogP contribution >= 0.6 is 0 Å². The van der Waals surface area contributed by atoms with Gasteiger partial charge in [-0.3, -0.25) is 9.59 Å². The fourth-order valence-electron chi connectivity index (χ4n) is 1.77. The Morgan fingerprint density at radius 2 is 2.11 bits per heavy atom. The predicted octanol–water partition coefficient (Wildman–Crippen LogP) is 0.476. The SMILES string of the molecule is Cc1nc2cc(C(=O)C(N)C(=O)O)ccc2n1C. The number of hydrogen-bond acceptors (Lipinski definition) is 4. The van der Waals surface area contributed by atoms with Gasteiger partial charge in [0.25, 0.3) is 0 Å². The van der Waals surface area contributed by atoms with Crippen molar-refractivity contribution in [2.75, 3.05) is 0 Å². The van der Waals surface area contributed by atoms with Crippen molar-refractivity contribution >= 4 is 22.8 Å². The lowest BCUT2D eigenvalue weighted by molar-refractivity contribution is -0.137. The molecule has 0 saturated heterocycles. The molecule has 0 saturated carbocycles. The number of fused-ring (bicyclic) bond motifs is 1. The molecule has 1 unspecified atom stereocenters. The number of nitrogens with two attached hydrogens (primary N) is 1. The lowest BCUT2D eigenvalue weighted by Crippen LogP contribution is -2.38. The molecule has 3 N–H and O–H groups in total. The van der Waals surface area contributed by atoms with Gasteiger partial charge in [-0.15, -0.1) is 0 Å². The number of nitrogens with zero attached hydrogens (tertiary/aromatic N) is 2. The standard InChI is InChI=1S/C12H13N3O3/c1-6-14-8-5-7(3-4-9(8)15(6)2)11(16)10(13)12(17)18/h3-5,10H,13H2,1-2H3,(H,17,18). The largest absolute Gasteiger partial charge is 0.480 e. The number of carboxylic acids is 1. The molecule has 2 rings (SSSR count). The van der Waals surface area contributed by atoms with Crippen LogP contribution < -0.4 is 5.73 Å². The highest BCUT2D eigenvalue weighted by atomic mass is 16.4. The zero-order valence-corrected chi connectivity index (χ0v) is 10.0. The van der Waals surface area contributed by atoms with Crippen molar-refractivity contribution in [2.24, 2.45) is 12.8 Å². The molecule has 0 aliphatic carbocycles. The number of Topliss-reactive ketones (excluding diaryl/α,β-unsaturated/α-hetero) is 1. The van der Waals surface area contributed by atoms with Crippen LogP contribution in [0.15, 0.2) is 18.2 Å². The quantitative estimate of drug-likeness (QED) is 0.607. The van der Waals surface area contributed by atoms with Gasteiger partial charge in [0, 0.05) is 12.6 Å². The van der Waals surface area contributed by atoms with E-state index in [1.807, 2.05) is 18.5 Å². The van der Waals surface area contributed by atoms with Crippen LogP contribution in [0.25, 0.3) is 11.0 Å². The summed E-state index contributed by atoms with van der Waals surface area (Å²) in [5, 5.41) is 8.71. The molecule has 1 aromatic carbocycles. The highest BCUT2D eigenvalue weighted by Gasteiger charge is 2.23. The van der Waals surface area contributed by atoms with Crippen molar-refractivity contribution in [3.05, 3.63) is 29.6 Å². The first kappa shape index (κ1) is 12.3. The molecule has 6 heteroatoms. The number of hydrogen-bond donors (Lipinski definition) is 2. The molecule has 94 valence electrons. The molecule has 2 aromatic rings. The highest BCUT2D eigenvalue weighted by molar-refractivity contribution is 6.12. The molecule has 0 amide bonds. The van der Waals surface area contributed by atoms with Crippen LogP contribution in [0.3, 0.4) is 0 Å². The van der Waals surface area contributed by atoms with E-state index >= 15 is 0 Å². The van der Waals surface area contributed by atoms with Crippen molar-refractivity contribution in [3.8, 4) is 0 Å². The summed E-state index contributed by atoms with van der Waals surface area (Å²) in [5.74, 6) is -1.14. The molecule has 6 nitrogen and oxygen atoms in total. The average molecular weight is 247 g/mol. The number of rotatable bonds is 3. The van der Waals surface area contributed by atoms with E-state index in [0.717, 1.165) is 11.3 Å². The number of imidazole rings is 1. The van der Waals surface area contributed by atoms with Gasteiger partial charge >= 0.3 is 5.97 Å². The maximum atomic E-state index is 11.8. The van der Waals surface area contributed by atoms with E-state index in [4.69, 9.17) is 10.8 Å². The van der Waals surface area contributed by atoms with E-state index in [1.165, 1.54) is 0 Å². The Balaban J connectivity index is 2.48. The van der Waals surface area contributed by atoms with Gasteiger partial charge in [-0.1, -0.05) is 0 Å². The number of carbonyl (C=O) groups is 2. The summed E-state index contributed by atoms with van der Waals surface area (Å²) in [6.07, 6.45) is 0. The fourth-order valence-corrected chi connectivity index (χ4v) is 1.77. The van der Waals surface area contributed by atoms with Crippen molar-refractivity contribution in [2.45, 2.75) is 13.0 Å². The summed E-state index contributed by atoms with van der Waals surface area (Å²) in [7, 11) is 1.87. The summed E-state index contributed by atoms with van der Waals surface area (Å²) in [6.45, 7) is 1.85. The van der Waals surface area contributed by atoms with Crippen molar-refractivity contribution in [1.29, 1.82) is 0 Å². The molecule has 1 heterocycles. The summed E-state index contributed by atoms with van der Waals surface area (Å²) >= 11 is 0. The second-order valence-electron chi connectivity index (χ2n) is 4.10. The Kier molecular flexibility index (Phi) is 2.88. The maximum absolute atomic E-state index is 11.8. The molecule has 0 bridgehead atoms. The molecule has 0 aliphatic rings. The van der Waals surface area contributed by atoms with Crippen LogP contribution in [-0.4, -0.2) is 32.5 Å². The van der Waals surface area contributed by atoms with Gasteiger partial charge in [0.15, 0.2) is 11.8 Å². The molecule has 18 heavy (non-hydrogen) atoms. The minimum atomic E-state index is -1.53. The Labute approximate surface area is 103 Å². The molecule has 1 aromatic heterocycles. The van der Waals surface area contributed by atoms with Crippen LogP contribution in [0, 0.1) is 6.92 Å². The molecule has 0 spiro atoms. The molecule has 0 fully saturated rings. The predicted molar refractivity (Wildman–Crippen MR) is 65.4 cm³/mol. The number of aliphatic carboxylic acids is 1. The molecule has 1 atom stereocenters. The van der Waals surface area contributed by atoms with Crippen LogP contribution in [0.2, 0.25) is 0 Å². The zero-order chi connectivity index (χ0) is 13.4. The maximum Gasteiger partial charge on any atom is 0.328 e. The minimum absolute atomic E-state index is 0.260. The van der Waals surface area contributed by atoms with E-state index in [1.54, 1.807) is 18.2 Å². The van der Waals surface area contributed by atoms with E-state index < -0.39 is 17.8 Å². The average Bonchev–Trinajstić information content (AvgIpc) is 2.62. The minimum Gasteiger partial charge on any atom is -0.480 e. The molecular formula is C12H13N3O3. The van der Waals surface area contributed by atoms with E-state index in [0.29, 0.717) is 5.52 Å². The van der Waals surface area contributed by atoms with E-state index in [9.17, 15) is 9.59 Å². The summed E-state index contributed by atoms with van der Waals surface area (Å²) in [5.41, 5.74) is 7.09. The number of aromatic nitrogens is 2. The van der Waals surface area contributed by atoms with Crippen molar-refractivity contribution < 1.29 is 14.7 Å². The van der Waals surface area contributed by atoms with Crippen molar-refractivity contribution in [3.63, 3.8) is 0 Å². The first-order chi connectivity index (χ1) is 8.41. The molecule has 0 radical (unpaired) electrons. The normalized spacial score (nSPS) is 12.6. The molecule has 0 aliphatic heterocycles. The summed E-state index contributed by atoms with van der Waals surface area (Å²) in [4.78, 5) is 26.7. The summed E-state index contributed by atoms with van der Waals surface area (Å²) in [6, 6.07) is 3.33. The topological polar surface area (TPSA) is 98.2 Å². The number of carboxylic acid groups (broad SMARTS) is 1. The first-order valence-corrected chi connectivity index (χ1v) is 5.37. The molecular weight excluding hydrogens is 234 g/mol. The Morgan fingerprint density at radius 1 is 1.44 bits per heavy atom. The number of aryl methyl sites for hydroxylation is 2. The van der Waals surface area contributed by atoms with E-state index in [2.05, 4.69) is 4.98 Å². The van der Waals surface area contributed by atoms with Gasteiger partial charge in [0.05, 0.1) is 11.0 Å². The second kappa shape index (κ2) is 4.23. The van der Waals surface area contributed by atoms with Gasteiger partial charge in [-0.2, -0.15) is 0 Å². The zero-order valence-electron chi connectivity index (χ0n) is 10.0. The third kappa shape index (κ3) is 1.86. The third-order valence-electron chi connectivity index (χ3n) is 2.94. The van der Waals surface area contributed by atoms with Gasteiger partial charge in [0.2, 0.25) is 0 Å². The number of ketones is 1. The van der Waals surface area contributed by atoms with Crippen LogP contribution in [-0.2, 0) is 11.8 Å².